The number of nitrogens with one attached hydrogen (secondary N) is 1. The fourth-order valence-electron chi connectivity index (χ4n) is 3.76. The standard InChI is InChI=1S/C20H24N2O4/c23-13-18(24)17-10-5-11-22(17)20(26)16-9-4-8-15(16)19(25)21-12-14-6-2-1-3-7-14/h1-3,6-8,16-17,23H,4-5,9-13H2,(H,21,25)/t16-,17+/m1/s1. The van der Waals surface area contributed by atoms with Crippen molar-refractivity contribution in [1.82, 2.24) is 10.2 Å². The lowest BCUT2D eigenvalue weighted by molar-refractivity contribution is -0.141. The first-order valence-electron chi connectivity index (χ1n) is 9.08. The molecule has 138 valence electrons. The fourth-order valence-corrected chi connectivity index (χ4v) is 3.76. The number of allylic oxidation sites excluding steroid dienone is 1. The minimum Gasteiger partial charge on any atom is -0.389 e. The summed E-state index contributed by atoms with van der Waals surface area (Å²) in [6, 6.07) is 9.05. The van der Waals surface area contributed by atoms with Gasteiger partial charge in [-0.05, 0) is 31.2 Å². The van der Waals surface area contributed by atoms with Crippen LogP contribution in [0.25, 0.3) is 0 Å². The molecule has 0 bridgehead atoms. The third-order valence-corrected chi connectivity index (χ3v) is 5.11. The largest absolute Gasteiger partial charge is 0.389 e. The van der Waals surface area contributed by atoms with Gasteiger partial charge >= 0.3 is 0 Å². The van der Waals surface area contributed by atoms with Gasteiger partial charge in [0, 0.05) is 18.7 Å². The highest BCUT2D eigenvalue weighted by atomic mass is 16.3. The SMILES string of the molecule is O=C(NCc1ccccc1)C1=CCC[C@H]1C(=O)N1CCC[C@H]1C(=O)CO. The van der Waals surface area contributed by atoms with Crippen molar-refractivity contribution in [2.45, 2.75) is 38.3 Å². The van der Waals surface area contributed by atoms with E-state index in [0.29, 0.717) is 37.9 Å². The number of rotatable bonds is 6. The van der Waals surface area contributed by atoms with Gasteiger partial charge in [0.2, 0.25) is 11.8 Å². The van der Waals surface area contributed by atoms with Crippen LogP contribution in [0.2, 0.25) is 0 Å². The van der Waals surface area contributed by atoms with Crippen LogP contribution in [-0.2, 0) is 20.9 Å². The molecule has 1 aliphatic carbocycles. The number of hydrogen-bond donors (Lipinski definition) is 2. The van der Waals surface area contributed by atoms with E-state index < -0.39 is 18.6 Å². The molecule has 0 unspecified atom stereocenters. The Morgan fingerprint density at radius 3 is 2.65 bits per heavy atom. The predicted molar refractivity (Wildman–Crippen MR) is 95.9 cm³/mol. The zero-order valence-corrected chi connectivity index (χ0v) is 14.7. The van der Waals surface area contributed by atoms with E-state index in [9.17, 15) is 14.4 Å². The van der Waals surface area contributed by atoms with E-state index in [1.54, 1.807) is 4.90 Å². The molecule has 2 amide bonds. The summed E-state index contributed by atoms with van der Waals surface area (Å²) in [7, 11) is 0. The molecule has 1 aliphatic heterocycles. The van der Waals surface area contributed by atoms with E-state index in [-0.39, 0.29) is 17.6 Å². The molecule has 26 heavy (non-hydrogen) atoms. The summed E-state index contributed by atoms with van der Waals surface area (Å²) in [6.07, 6.45) is 4.41. The Hall–Kier alpha value is -2.47. The molecule has 0 aromatic heterocycles. The summed E-state index contributed by atoms with van der Waals surface area (Å²) < 4.78 is 0. The molecule has 1 heterocycles. The van der Waals surface area contributed by atoms with Crippen LogP contribution >= 0.6 is 0 Å². The molecule has 2 aliphatic rings. The maximum Gasteiger partial charge on any atom is 0.247 e. The average molecular weight is 356 g/mol. The average Bonchev–Trinajstić information content (AvgIpc) is 3.35. The molecule has 6 nitrogen and oxygen atoms in total. The van der Waals surface area contributed by atoms with Gasteiger partial charge in [-0.25, -0.2) is 0 Å². The molecule has 1 aromatic rings. The molecule has 1 saturated heterocycles. The summed E-state index contributed by atoms with van der Waals surface area (Å²) >= 11 is 0. The minimum absolute atomic E-state index is 0.173. The number of aliphatic hydroxyl groups is 1. The van der Waals surface area contributed by atoms with Crippen LogP contribution in [0, 0.1) is 5.92 Å². The lowest BCUT2D eigenvalue weighted by Gasteiger charge is -2.27. The van der Waals surface area contributed by atoms with E-state index in [4.69, 9.17) is 5.11 Å². The molecule has 0 spiro atoms. The number of nitrogens with zero attached hydrogens (tertiary/aromatic N) is 1. The monoisotopic (exact) mass is 356 g/mol. The molecule has 3 rings (SSSR count). The van der Waals surface area contributed by atoms with Crippen LogP contribution in [0.3, 0.4) is 0 Å². The quantitative estimate of drug-likeness (QED) is 0.802. The highest BCUT2D eigenvalue weighted by Crippen LogP contribution is 2.31. The van der Waals surface area contributed by atoms with Gasteiger partial charge in [0.1, 0.15) is 6.61 Å². The summed E-state index contributed by atoms with van der Waals surface area (Å²) in [5.74, 6) is -1.23. The summed E-state index contributed by atoms with van der Waals surface area (Å²) in [4.78, 5) is 38.9. The van der Waals surface area contributed by atoms with Crippen molar-refractivity contribution < 1.29 is 19.5 Å². The molecule has 2 atom stereocenters. The number of Topliss-reactive ketones (excluding diaryl/α,β-unsaturated/α-hetero) is 1. The van der Waals surface area contributed by atoms with Crippen LogP contribution < -0.4 is 5.32 Å². The molecule has 1 fully saturated rings. The summed E-state index contributed by atoms with van der Waals surface area (Å²) in [5, 5.41) is 12.0. The van der Waals surface area contributed by atoms with Crippen LogP contribution in [0.1, 0.15) is 31.2 Å². The Kier molecular flexibility index (Phi) is 5.83. The molecular formula is C20H24N2O4. The Morgan fingerprint density at radius 1 is 1.15 bits per heavy atom. The lowest BCUT2D eigenvalue weighted by atomic mass is 9.98. The second-order valence-corrected chi connectivity index (χ2v) is 6.77. The third kappa shape index (κ3) is 3.85. The van der Waals surface area contributed by atoms with Gasteiger partial charge in [0.05, 0.1) is 12.0 Å². The Balaban J connectivity index is 1.64. The minimum atomic E-state index is -0.556. The van der Waals surface area contributed by atoms with Crippen molar-refractivity contribution in [1.29, 1.82) is 0 Å². The molecule has 0 radical (unpaired) electrons. The second-order valence-electron chi connectivity index (χ2n) is 6.77. The first-order chi connectivity index (χ1) is 12.6. The van der Waals surface area contributed by atoms with Crippen molar-refractivity contribution in [3.63, 3.8) is 0 Å². The van der Waals surface area contributed by atoms with E-state index >= 15 is 0 Å². The first-order valence-corrected chi connectivity index (χ1v) is 9.08. The van der Waals surface area contributed by atoms with E-state index in [2.05, 4.69) is 5.32 Å². The van der Waals surface area contributed by atoms with Crippen molar-refractivity contribution in [2.75, 3.05) is 13.2 Å². The smallest absolute Gasteiger partial charge is 0.247 e. The molecule has 2 N–H and O–H groups in total. The van der Waals surface area contributed by atoms with Crippen molar-refractivity contribution in [2.24, 2.45) is 5.92 Å². The number of likely N-dealkylation sites (tertiary alicyclic amines) is 1. The maximum absolute atomic E-state index is 12.9. The van der Waals surface area contributed by atoms with Crippen molar-refractivity contribution in [3.8, 4) is 0 Å². The van der Waals surface area contributed by atoms with Gasteiger partial charge in [-0.15, -0.1) is 0 Å². The van der Waals surface area contributed by atoms with Gasteiger partial charge in [-0.1, -0.05) is 36.4 Å². The third-order valence-electron chi connectivity index (χ3n) is 5.11. The highest BCUT2D eigenvalue weighted by Gasteiger charge is 2.40. The second kappa shape index (κ2) is 8.27. The number of carbonyl (C=O) groups excluding carboxylic acids is 3. The zero-order valence-electron chi connectivity index (χ0n) is 14.7. The van der Waals surface area contributed by atoms with Gasteiger partial charge < -0.3 is 15.3 Å². The van der Waals surface area contributed by atoms with Gasteiger partial charge in [0.25, 0.3) is 0 Å². The van der Waals surface area contributed by atoms with Crippen molar-refractivity contribution in [3.05, 3.63) is 47.5 Å². The fraction of sp³-hybridized carbons (Fsp3) is 0.450. The van der Waals surface area contributed by atoms with Crippen LogP contribution in [-0.4, -0.2) is 46.8 Å². The van der Waals surface area contributed by atoms with Gasteiger partial charge in [-0.3, -0.25) is 14.4 Å². The number of amides is 2. The number of benzene rings is 1. The van der Waals surface area contributed by atoms with Crippen LogP contribution in [0.15, 0.2) is 42.0 Å². The highest BCUT2D eigenvalue weighted by molar-refractivity contribution is 6.02. The molecular weight excluding hydrogens is 332 g/mol. The van der Waals surface area contributed by atoms with Gasteiger partial charge in [-0.2, -0.15) is 0 Å². The van der Waals surface area contributed by atoms with Crippen LogP contribution in [0.4, 0.5) is 0 Å². The normalized spacial score (nSPS) is 22.2. The maximum atomic E-state index is 12.9. The number of aliphatic hydroxyl groups excluding tert-OH is 1. The molecule has 0 saturated carbocycles. The van der Waals surface area contributed by atoms with E-state index in [0.717, 1.165) is 12.0 Å². The molecule has 6 heteroatoms. The zero-order chi connectivity index (χ0) is 18.5. The molecule has 1 aromatic carbocycles. The first kappa shape index (κ1) is 18.3. The Bertz CT molecular complexity index is 714. The summed E-state index contributed by atoms with van der Waals surface area (Å²) in [5.41, 5.74) is 1.49. The Labute approximate surface area is 152 Å². The van der Waals surface area contributed by atoms with E-state index in [1.807, 2.05) is 36.4 Å². The van der Waals surface area contributed by atoms with Crippen molar-refractivity contribution >= 4 is 17.6 Å². The topological polar surface area (TPSA) is 86.7 Å². The Morgan fingerprint density at radius 2 is 1.92 bits per heavy atom. The number of hydrogen-bond acceptors (Lipinski definition) is 4. The van der Waals surface area contributed by atoms with Crippen LogP contribution in [0.5, 0.6) is 0 Å². The lowest BCUT2D eigenvalue weighted by Crippen LogP contribution is -2.45. The van der Waals surface area contributed by atoms with E-state index in [1.165, 1.54) is 0 Å². The predicted octanol–water partition coefficient (Wildman–Crippen LogP) is 1.19. The number of ketones is 1. The summed E-state index contributed by atoms with van der Waals surface area (Å²) in [6.45, 7) is 0.358. The van der Waals surface area contributed by atoms with Gasteiger partial charge in [0.15, 0.2) is 5.78 Å². The number of carbonyl (C=O) groups is 3.